The van der Waals surface area contributed by atoms with Gasteiger partial charge in [0.1, 0.15) is 23.5 Å². The third-order valence-corrected chi connectivity index (χ3v) is 7.36. The number of carbonyl (C=O) groups is 3. The number of nitrogens with zero attached hydrogens (tertiary/aromatic N) is 1. The summed E-state index contributed by atoms with van der Waals surface area (Å²) in [7, 11) is 1.57. The minimum absolute atomic E-state index is 0.0785. The van der Waals surface area contributed by atoms with Gasteiger partial charge < -0.3 is 25.7 Å². The number of H-pyrrole nitrogens is 1. The fourth-order valence-corrected chi connectivity index (χ4v) is 5.21. The predicted molar refractivity (Wildman–Crippen MR) is 156 cm³/mol. The normalized spacial score (nSPS) is 17.0. The molecule has 1 fully saturated rings. The van der Waals surface area contributed by atoms with Crippen LogP contribution in [-0.2, 0) is 16.1 Å². The van der Waals surface area contributed by atoms with Crippen molar-refractivity contribution in [3.63, 3.8) is 0 Å². The van der Waals surface area contributed by atoms with Crippen LogP contribution in [0.4, 0.5) is 0 Å². The zero-order valence-electron chi connectivity index (χ0n) is 23.7. The van der Waals surface area contributed by atoms with Gasteiger partial charge >= 0.3 is 0 Å². The largest absolute Gasteiger partial charge is 0.496 e. The molecule has 41 heavy (non-hydrogen) atoms. The van der Waals surface area contributed by atoms with Crippen LogP contribution in [0.1, 0.15) is 49.2 Å². The van der Waals surface area contributed by atoms with E-state index in [4.69, 9.17) is 4.74 Å². The standard InChI is InChI=1S/C31H38N6O4/c1-19(2)14-25(37-31(40)26-16-22-23(35-26)10-7-11-28(22)41-3)30(39)36-24(15-21-12-13-33-29(21)38)27(17-32)34-18-20-8-5-4-6-9-20/h4-11,16,19,21,24-25,27,34-35H,12-15,18H2,1-3H3,(H,33,38)(H,36,39)(H,37,40)/t21-,24-,25-,27+/m0/s1. The van der Waals surface area contributed by atoms with Crippen molar-refractivity contribution in [3.05, 3.63) is 65.9 Å². The molecule has 0 spiro atoms. The molecule has 1 aliphatic rings. The summed E-state index contributed by atoms with van der Waals surface area (Å²) in [6.07, 6.45) is 1.34. The van der Waals surface area contributed by atoms with Crippen molar-refractivity contribution in [3.8, 4) is 11.8 Å². The lowest BCUT2D eigenvalue weighted by Gasteiger charge is -2.29. The minimum Gasteiger partial charge on any atom is -0.496 e. The summed E-state index contributed by atoms with van der Waals surface area (Å²) in [5.74, 6) is -0.463. The third-order valence-electron chi connectivity index (χ3n) is 7.36. The number of hydrogen-bond donors (Lipinski definition) is 5. The highest BCUT2D eigenvalue weighted by atomic mass is 16.5. The fraction of sp³-hybridized carbons (Fsp3) is 0.419. The summed E-state index contributed by atoms with van der Waals surface area (Å²) in [5.41, 5.74) is 2.05. The van der Waals surface area contributed by atoms with Crippen LogP contribution in [0.3, 0.4) is 0 Å². The van der Waals surface area contributed by atoms with Crippen LogP contribution in [0, 0.1) is 23.2 Å². The Kier molecular flexibility index (Phi) is 9.98. The maximum Gasteiger partial charge on any atom is 0.268 e. The molecule has 1 saturated heterocycles. The molecular formula is C31H38N6O4. The molecule has 3 aromatic rings. The number of carbonyl (C=O) groups excluding carboxylic acids is 3. The Balaban J connectivity index is 1.52. The highest BCUT2D eigenvalue weighted by molar-refractivity contribution is 6.01. The number of nitriles is 1. The monoisotopic (exact) mass is 558 g/mol. The number of methoxy groups -OCH3 is 1. The predicted octanol–water partition coefficient (Wildman–Crippen LogP) is 3.01. The van der Waals surface area contributed by atoms with Crippen molar-refractivity contribution in [2.75, 3.05) is 13.7 Å². The smallest absolute Gasteiger partial charge is 0.268 e. The number of aromatic nitrogens is 1. The van der Waals surface area contributed by atoms with Gasteiger partial charge in [-0.1, -0.05) is 50.2 Å². The van der Waals surface area contributed by atoms with Gasteiger partial charge in [-0.05, 0) is 48.9 Å². The molecule has 2 aromatic carbocycles. The molecule has 1 aromatic heterocycles. The van der Waals surface area contributed by atoms with E-state index < -0.39 is 29.9 Å². The van der Waals surface area contributed by atoms with Crippen LogP contribution in [0.25, 0.3) is 10.9 Å². The van der Waals surface area contributed by atoms with Gasteiger partial charge in [0.25, 0.3) is 5.91 Å². The summed E-state index contributed by atoms with van der Waals surface area (Å²) in [6.45, 7) is 4.94. The van der Waals surface area contributed by atoms with E-state index in [1.807, 2.05) is 62.4 Å². The number of benzene rings is 2. The Morgan fingerprint density at radius 1 is 1.12 bits per heavy atom. The van der Waals surface area contributed by atoms with Gasteiger partial charge in [0.2, 0.25) is 11.8 Å². The number of nitrogens with one attached hydrogen (secondary N) is 5. The molecule has 3 amide bonds. The zero-order valence-corrected chi connectivity index (χ0v) is 23.7. The Hall–Kier alpha value is -4.36. The van der Waals surface area contributed by atoms with Crippen molar-refractivity contribution in [2.24, 2.45) is 11.8 Å². The molecule has 4 rings (SSSR count). The molecule has 0 radical (unpaired) electrons. The molecule has 10 nitrogen and oxygen atoms in total. The van der Waals surface area contributed by atoms with Gasteiger partial charge in [-0.15, -0.1) is 0 Å². The average molecular weight is 559 g/mol. The Labute approximate surface area is 240 Å². The van der Waals surface area contributed by atoms with Crippen LogP contribution in [0.2, 0.25) is 0 Å². The summed E-state index contributed by atoms with van der Waals surface area (Å²) < 4.78 is 5.40. The molecule has 10 heteroatoms. The number of hydrogen-bond acceptors (Lipinski definition) is 6. The van der Waals surface area contributed by atoms with Gasteiger partial charge in [-0.2, -0.15) is 5.26 Å². The van der Waals surface area contributed by atoms with Crippen molar-refractivity contribution >= 4 is 28.6 Å². The molecule has 0 aliphatic carbocycles. The first-order valence-electron chi connectivity index (χ1n) is 14.0. The number of ether oxygens (including phenoxy) is 1. The molecule has 5 N–H and O–H groups in total. The first-order chi connectivity index (χ1) is 19.8. The van der Waals surface area contributed by atoms with Crippen molar-refractivity contribution in [1.82, 2.24) is 26.3 Å². The molecule has 4 atom stereocenters. The van der Waals surface area contributed by atoms with Crippen molar-refractivity contribution < 1.29 is 19.1 Å². The molecule has 0 unspecified atom stereocenters. The maximum absolute atomic E-state index is 13.7. The molecule has 216 valence electrons. The van der Waals surface area contributed by atoms with E-state index in [1.54, 1.807) is 13.2 Å². The topological polar surface area (TPSA) is 148 Å². The van der Waals surface area contributed by atoms with E-state index in [-0.39, 0.29) is 17.7 Å². The second kappa shape index (κ2) is 13.8. The highest BCUT2D eigenvalue weighted by Crippen LogP contribution is 2.26. The Morgan fingerprint density at radius 2 is 1.90 bits per heavy atom. The summed E-state index contributed by atoms with van der Waals surface area (Å²) in [6, 6.07) is 16.9. The van der Waals surface area contributed by atoms with Crippen molar-refractivity contribution in [2.45, 2.75) is 57.8 Å². The van der Waals surface area contributed by atoms with Crippen molar-refractivity contribution in [1.29, 1.82) is 5.26 Å². The summed E-state index contributed by atoms with van der Waals surface area (Å²) >= 11 is 0. The lowest BCUT2D eigenvalue weighted by Crippen LogP contribution is -2.56. The number of rotatable bonds is 13. The van der Waals surface area contributed by atoms with Crippen LogP contribution in [0.5, 0.6) is 5.75 Å². The Morgan fingerprint density at radius 3 is 2.56 bits per heavy atom. The molecular weight excluding hydrogens is 520 g/mol. The van der Waals surface area contributed by atoms with E-state index in [0.29, 0.717) is 43.8 Å². The van der Waals surface area contributed by atoms with Crippen LogP contribution < -0.4 is 26.0 Å². The van der Waals surface area contributed by atoms with E-state index in [9.17, 15) is 19.6 Å². The van der Waals surface area contributed by atoms with E-state index in [0.717, 1.165) is 16.5 Å². The van der Waals surface area contributed by atoms with E-state index in [1.165, 1.54) is 0 Å². The molecule has 0 saturated carbocycles. The number of amides is 3. The SMILES string of the molecule is COc1cccc2[nH]c(C(=O)N[C@@H](CC(C)C)C(=O)N[C@@H](C[C@@H]3CCNC3=O)[C@@H](C#N)NCc3ccccc3)cc12. The number of aromatic amines is 1. The molecule has 1 aliphatic heterocycles. The van der Waals surface area contributed by atoms with Gasteiger partial charge in [-0.25, -0.2) is 0 Å². The highest BCUT2D eigenvalue weighted by Gasteiger charge is 2.34. The lowest BCUT2D eigenvalue weighted by molar-refractivity contribution is -0.126. The summed E-state index contributed by atoms with van der Waals surface area (Å²) in [4.78, 5) is 42.5. The first-order valence-corrected chi connectivity index (χ1v) is 14.0. The second-order valence-electron chi connectivity index (χ2n) is 10.9. The van der Waals surface area contributed by atoms with Gasteiger partial charge in [0.15, 0.2) is 0 Å². The quantitative estimate of drug-likeness (QED) is 0.218. The lowest BCUT2D eigenvalue weighted by atomic mass is 9.93. The van der Waals surface area contributed by atoms with Crippen LogP contribution in [0.15, 0.2) is 54.6 Å². The summed E-state index contributed by atoms with van der Waals surface area (Å²) in [5, 5.41) is 22.8. The van der Waals surface area contributed by atoms with Gasteiger partial charge in [-0.3, -0.25) is 19.7 Å². The maximum atomic E-state index is 13.7. The van der Waals surface area contributed by atoms with E-state index >= 15 is 0 Å². The number of fused-ring (bicyclic) bond motifs is 1. The first kappa shape index (κ1) is 29.6. The average Bonchev–Trinajstić information content (AvgIpc) is 3.59. The van der Waals surface area contributed by atoms with E-state index in [2.05, 4.69) is 32.3 Å². The minimum atomic E-state index is -0.843. The van der Waals surface area contributed by atoms with Crippen LogP contribution >= 0.6 is 0 Å². The van der Waals surface area contributed by atoms with Gasteiger partial charge in [0.05, 0.1) is 19.2 Å². The fourth-order valence-electron chi connectivity index (χ4n) is 5.21. The molecule has 0 bridgehead atoms. The zero-order chi connectivity index (χ0) is 29.4. The third kappa shape index (κ3) is 7.64. The second-order valence-corrected chi connectivity index (χ2v) is 10.9. The Bertz CT molecular complexity index is 1400. The van der Waals surface area contributed by atoms with Crippen LogP contribution in [-0.4, -0.2) is 54.5 Å². The molecule has 2 heterocycles. The van der Waals surface area contributed by atoms with Gasteiger partial charge in [0, 0.05) is 29.9 Å².